The van der Waals surface area contributed by atoms with Crippen molar-refractivity contribution in [3.8, 4) is 11.5 Å². The lowest BCUT2D eigenvalue weighted by atomic mass is 10.0. The maximum atomic E-state index is 11.7. The van der Waals surface area contributed by atoms with Crippen molar-refractivity contribution in [1.82, 2.24) is 4.98 Å². The minimum absolute atomic E-state index is 0.0785. The van der Waals surface area contributed by atoms with Crippen LogP contribution in [0.5, 0.6) is 11.5 Å². The first kappa shape index (κ1) is 13.9. The first-order chi connectivity index (χ1) is 8.85. The number of nitrogens with one attached hydrogen (secondary N) is 1. The Balaban J connectivity index is 2.28. The van der Waals surface area contributed by atoms with Crippen molar-refractivity contribution in [2.24, 2.45) is 5.92 Å². The third-order valence-corrected chi connectivity index (χ3v) is 2.97. The Labute approximate surface area is 111 Å². The number of methoxy groups -OCH3 is 1. The zero-order valence-electron chi connectivity index (χ0n) is 11.5. The number of aryl methyl sites for hydroxylation is 1. The summed E-state index contributed by atoms with van der Waals surface area (Å²) < 4.78 is 16.0. The molecule has 19 heavy (non-hydrogen) atoms. The average Bonchev–Trinajstić information content (AvgIpc) is 2.72. The van der Waals surface area contributed by atoms with E-state index in [1.165, 1.54) is 7.11 Å². The van der Waals surface area contributed by atoms with E-state index in [2.05, 4.69) is 4.98 Å². The molecule has 2 heterocycles. The van der Waals surface area contributed by atoms with E-state index in [4.69, 9.17) is 14.2 Å². The Hall–Kier alpha value is -1.53. The lowest BCUT2D eigenvalue weighted by Gasteiger charge is -2.31. The van der Waals surface area contributed by atoms with Crippen molar-refractivity contribution in [3.63, 3.8) is 0 Å². The van der Waals surface area contributed by atoms with Crippen LogP contribution in [-0.2, 0) is 4.74 Å². The highest BCUT2D eigenvalue weighted by Crippen LogP contribution is 2.37. The van der Waals surface area contributed by atoms with E-state index in [0.29, 0.717) is 17.9 Å². The lowest BCUT2D eigenvalue weighted by Crippen LogP contribution is -2.50. The largest absolute Gasteiger partial charge is 0.445 e. The van der Waals surface area contributed by atoms with E-state index in [0.717, 1.165) is 0 Å². The molecule has 1 aromatic rings. The molecular formula is C13H19NO5. The molecule has 6 heteroatoms. The second-order valence-electron chi connectivity index (χ2n) is 5.19. The van der Waals surface area contributed by atoms with Crippen LogP contribution in [0.15, 0.2) is 10.9 Å². The van der Waals surface area contributed by atoms with Gasteiger partial charge in [-0.05, 0) is 12.8 Å². The molecule has 0 radical (unpaired) electrons. The first-order valence-electron chi connectivity index (χ1n) is 6.20. The highest BCUT2D eigenvalue weighted by Gasteiger charge is 2.46. The monoisotopic (exact) mass is 269 g/mol. The third kappa shape index (κ3) is 2.59. The van der Waals surface area contributed by atoms with E-state index in [9.17, 15) is 9.90 Å². The van der Waals surface area contributed by atoms with E-state index in [1.54, 1.807) is 13.0 Å². The molecule has 0 amide bonds. The normalized spacial score (nSPS) is 20.6. The number of rotatable bonds is 4. The second-order valence-corrected chi connectivity index (χ2v) is 5.19. The molecule has 2 atom stereocenters. The molecular weight excluding hydrogens is 250 g/mol. The Morgan fingerprint density at radius 2 is 2.21 bits per heavy atom. The van der Waals surface area contributed by atoms with Crippen LogP contribution in [-0.4, -0.2) is 29.3 Å². The van der Waals surface area contributed by atoms with E-state index >= 15 is 0 Å². The molecule has 0 saturated heterocycles. The van der Waals surface area contributed by atoms with Gasteiger partial charge in [-0.25, -0.2) is 0 Å². The zero-order chi connectivity index (χ0) is 14.2. The smallest absolute Gasteiger partial charge is 0.295 e. The Morgan fingerprint density at radius 1 is 1.53 bits per heavy atom. The number of fused-ring (bicyclic) bond motifs is 1. The highest BCUT2D eigenvalue weighted by molar-refractivity contribution is 5.41. The van der Waals surface area contributed by atoms with Crippen LogP contribution in [0.2, 0.25) is 0 Å². The van der Waals surface area contributed by atoms with Crippen molar-refractivity contribution in [1.29, 1.82) is 0 Å². The number of H-pyrrole nitrogens is 1. The predicted octanol–water partition coefficient (Wildman–Crippen LogP) is 1.16. The van der Waals surface area contributed by atoms with Gasteiger partial charge in [0.05, 0.1) is 0 Å². The highest BCUT2D eigenvalue weighted by atomic mass is 16.8. The van der Waals surface area contributed by atoms with Gasteiger partial charge in [-0.1, -0.05) is 13.8 Å². The molecule has 6 nitrogen and oxygen atoms in total. The molecule has 0 bridgehead atoms. The van der Waals surface area contributed by atoms with Crippen molar-refractivity contribution in [2.75, 3.05) is 7.11 Å². The summed E-state index contributed by atoms with van der Waals surface area (Å²) in [5.74, 6) is -1.01. The van der Waals surface area contributed by atoms with E-state index < -0.39 is 12.1 Å². The molecule has 2 rings (SSSR count). The van der Waals surface area contributed by atoms with Crippen LogP contribution >= 0.6 is 0 Å². The van der Waals surface area contributed by atoms with Gasteiger partial charge in [0.15, 0.2) is 5.75 Å². The maximum Gasteiger partial charge on any atom is 0.295 e. The van der Waals surface area contributed by atoms with Gasteiger partial charge in [0.2, 0.25) is 11.5 Å². The van der Waals surface area contributed by atoms with Gasteiger partial charge in [0.25, 0.3) is 11.8 Å². The molecule has 0 spiro atoms. The van der Waals surface area contributed by atoms with Gasteiger partial charge < -0.3 is 24.3 Å². The number of ether oxygens (including phenoxy) is 3. The molecule has 1 aliphatic rings. The Morgan fingerprint density at radius 3 is 2.79 bits per heavy atom. The third-order valence-electron chi connectivity index (χ3n) is 2.97. The van der Waals surface area contributed by atoms with Gasteiger partial charge in [0.1, 0.15) is 0 Å². The van der Waals surface area contributed by atoms with E-state index in [-0.39, 0.29) is 17.2 Å². The average molecular weight is 269 g/mol. The minimum Gasteiger partial charge on any atom is -0.445 e. The van der Waals surface area contributed by atoms with Crippen molar-refractivity contribution >= 4 is 0 Å². The van der Waals surface area contributed by atoms with Gasteiger partial charge >= 0.3 is 0 Å². The predicted molar refractivity (Wildman–Crippen MR) is 68.3 cm³/mol. The maximum absolute atomic E-state index is 11.7. The van der Waals surface area contributed by atoms with Crippen LogP contribution < -0.4 is 15.0 Å². The molecule has 1 aromatic heterocycles. The summed E-state index contributed by atoms with van der Waals surface area (Å²) in [6.45, 7) is 5.64. The summed E-state index contributed by atoms with van der Waals surface area (Å²) >= 11 is 0. The van der Waals surface area contributed by atoms with Crippen LogP contribution in [0.3, 0.4) is 0 Å². The Kier molecular flexibility index (Phi) is 3.56. The fourth-order valence-corrected chi connectivity index (χ4v) is 2.14. The molecule has 106 valence electrons. The molecule has 0 unspecified atom stereocenters. The van der Waals surface area contributed by atoms with Crippen molar-refractivity contribution in [3.05, 3.63) is 22.1 Å². The quantitative estimate of drug-likeness (QED) is 0.802. The molecule has 0 aliphatic carbocycles. The first-order valence-corrected chi connectivity index (χ1v) is 6.20. The number of hydrogen-bond acceptors (Lipinski definition) is 5. The number of aliphatic hydroxyl groups is 1. The molecule has 0 saturated carbocycles. The molecule has 1 aliphatic heterocycles. The number of hydrogen-bond donors (Lipinski definition) is 2. The van der Waals surface area contributed by atoms with Crippen LogP contribution in [0, 0.1) is 12.8 Å². The van der Waals surface area contributed by atoms with Gasteiger partial charge in [-0.3, -0.25) is 4.79 Å². The molecule has 0 aromatic carbocycles. The summed E-state index contributed by atoms with van der Waals surface area (Å²) in [6.07, 6.45) is -0.711. The summed E-state index contributed by atoms with van der Waals surface area (Å²) in [5, 5.41) is 10.4. The summed E-state index contributed by atoms with van der Waals surface area (Å²) in [6, 6.07) is 1.65. The summed E-state index contributed by atoms with van der Waals surface area (Å²) in [5.41, 5.74) is 0.290. The van der Waals surface area contributed by atoms with Gasteiger partial charge in [0, 0.05) is 25.3 Å². The van der Waals surface area contributed by atoms with Crippen molar-refractivity contribution < 1.29 is 19.3 Å². The summed E-state index contributed by atoms with van der Waals surface area (Å²) in [7, 11) is 1.38. The molecule has 0 fully saturated rings. The van der Waals surface area contributed by atoms with Gasteiger partial charge in [-0.2, -0.15) is 0 Å². The van der Waals surface area contributed by atoms with Crippen LogP contribution in [0.25, 0.3) is 0 Å². The van der Waals surface area contributed by atoms with Crippen molar-refractivity contribution in [2.45, 2.75) is 39.3 Å². The van der Waals surface area contributed by atoms with Crippen LogP contribution in [0.4, 0.5) is 0 Å². The zero-order valence-corrected chi connectivity index (χ0v) is 11.5. The SMILES string of the molecule is CO[C@@](O)(CC(C)C)[C@H]1Oc2cc(C)[nH]c(=O)c2O1. The second kappa shape index (κ2) is 4.86. The Bertz CT molecular complexity index is 524. The van der Waals surface area contributed by atoms with Crippen LogP contribution in [0.1, 0.15) is 26.0 Å². The lowest BCUT2D eigenvalue weighted by molar-refractivity contribution is -0.280. The van der Waals surface area contributed by atoms with E-state index in [1.807, 2.05) is 13.8 Å². The number of pyridine rings is 1. The standard InChI is InChI=1S/C13H19NO5/c1-7(2)6-13(16,17-4)12-18-9-5-8(3)14-11(15)10(9)19-12/h5,7,12,16H,6H2,1-4H3,(H,14,15)/t12-,13-/m0/s1. The topological polar surface area (TPSA) is 80.8 Å². The fourth-order valence-electron chi connectivity index (χ4n) is 2.14. The fraction of sp³-hybridized carbons (Fsp3) is 0.615. The number of aromatic nitrogens is 1. The van der Waals surface area contributed by atoms with Gasteiger partial charge in [-0.15, -0.1) is 0 Å². The molecule has 2 N–H and O–H groups in total. The summed E-state index contributed by atoms with van der Waals surface area (Å²) in [4.78, 5) is 14.4. The minimum atomic E-state index is -1.59. The number of aromatic amines is 1.